The van der Waals surface area contributed by atoms with Crippen LogP contribution in [0.4, 0.5) is 0 Å². The van der Waals surface area contributed by atoms with Gasteiger partial charge in [-0.3, -0.25) is 9.36 Å². The van der Waals surface area contributed by atoms with Crippen molar-refractivity contribution in [2.24, 2.45) is 13.0 Å². The predicted octanol–water partition coefficient (Wildman–Crippen LogP) is 1.24. The van der Waals surface area contributed by atoms with E-state index in [4.69, 9.17) is 0 Å². The van der Waals surface area contributed by atoms with Crippen molar-refractivity contribution >= 4 is 0 Å². The van der Waals surface area contributed by atoms with Crippen LogP contribution < -0.4 is 5.56 Å². The summed E-state index contributed by atoms with van der Waals surface area (Å²) in [6.07, 6.45) is 10.4. The lowest BCUT2D eigenvalue weighted by Gasteiger charge is -2.32. The number of aryl methyl sites for hydroxylation is 2. The van der Waals surface area contributed by atoms with Crippen LogP contribution in [0.1, 0.15) is 24.2 Å². The molecule has 6 heteroatoms. The molecular formula is C17H25N5O. The maximum Gasteiger partial charge on any atom is 0.256 e. The molecule has 1 aliphatic heterocycles. The lowest BCUT2D eigenvalue weighted by molar-refractivity contribution is 0.173. The van der Waals surface area contributed by atoms with Crippen LogP contribution in [0.15, 0.2) is 29.7 Å². The maximum absolute atomic E-state index is 12.1. The standard InChI is InChI=1S/C17H25N5O/c1-14-11-18-13-22(17(14)23)12-15-3-7-21(8-4-15)9-5-16-19-6-10-20(16)2/h6,10-11,13,15H,3-5,7-9,12H2,1-2H3. The molecule has 0 unspecified atom stereocenters. The smallest absolute Gasteiger partial charge is 0.256 e. The first-order valence-corrected chi connectivity index (χ1v) is 8.33. The molecule has 6 nitrogen and oxygen atoms in total. The Hall–Kier alpha value is -1.95. The Bertz CT molecular complexity index is 697. The summed E-state index contributed by atoms with van der Waals surface area (Å²) in [6, 6.07) is 0. The molecule has 0 atom stereocenters. The summed E-state index contributed by atoms with van der Waals surface area (Å²) in [5, 5.41) is 0. The average Bonchev–Trinajstić information content (AvgIpc) is 2.96. The van der Waals surface area contributed by atoms with E-state index in [2.05, 4.69) is 19.4 Å². The lowest BCUT2D eigenvalue weighted by atomic mass is 9.96. The lowest BCUT2D eigenvalue weighted by Crippen LogP contribution is -2.37. The van der Waals surface area contributed by atoms with Gasteiger partial charge < -0.3 is 9.47 Å². The van der Waals surface area contributed by atoms with Crippen molar-refractivity contribution in [3.63, 3.8) is 0 Å². The summed E-state index contributed by atoms with van der Waals surface area (Å²) in [5.41, 5.74) is 0.817. The van der Waals surface area contributed by atoms with Gasteiger partial charge in [0.25, 0.3) is 5.56 Å². The predicted molar refractivity (Wildman–Crippen MR) is 89.3 cm³/mol. The molecule has 124 valence electrons. The van der Waals surface area contributed by atoms with Crippen LogP contribution in [-0.2, 0) is 20.0 Å². The Morgan fingerprint density at radius 2 is 2.09 bits per heavy atom. The Kier molecular flexibility index (Phi) is 4.91. The summed E-state index contributed by atoms with van der Waals surface area (Å²) in [6.45, 7) is 5.88. The van der Waals surface area contributed by atoms with Crippen LogP contribution in [0.2, 0.25) is 0 Å². The van der Waals surface area contributed by atoms with E-state index in [-0.39, 0.29) is 5.56 Å². The van der Waals surface area contributed by atoms with Crippen LogP contribution in [0.3, 0.4) is 0 Å². The van der Waals surface area contributed by atoms with Crippen molar-refractivity contribution in [1.29, 1.82) is 0 Å². The Morgan fingerprint density at radius 3 is 2.78 bits per heavy atom. The van der Waals surface area contributed by atoms with Gasteiger partial charge in [0, 0.05) is 50.7 Å². The number of hydrogen-bond donors (Lipinski definition) is 0. The fraction of sp³-hybridized carbons (Fsp3) is 0.588. The molecule has 0 aromatic carbocycles. The summed E-state index contributed by atoms with van der Waals surface area (Å²) >= 11 is 0. The van der Waals surface area contributed by atoms with Gasteiger partial charge in [-0.25, -0.2) is 9.97 Å². The van der Waals surface area contributed by atoms with Crippen molar-refractivity contribution in [2.75, 3.05) is 19.6 Å². The third kappa shape index (κ3) is 3.88. The zero-order valence-corrected chi connectivity index (χ0v) is 14.0. The minimum Gasteiger partial charge on any atom is -0.338 e. The molecule has 1 saturated heterocycles. The van der Waals surface area contributed by atoms with E-state index >= 15 is 0 Å². The van der Waals surface area contributed by atoms with E-state index in [0.29, 0.717) is 5.92 Å². The molecule has 3 heterocycles. The number of nitrogens with zero attached hydrogens (tertiary/aromatic N) is 5. The van der Waals surface area contributed by atoms with Crippen molar-refractivity contribution < 1.29 is 0 Å². The SMILES string of the molecule is Cc1cncn(CC2CCN(CCc3nccn3C)CC2)c1=O. The quantitative estimate of drug-likeness (QED) is 0.833. The van der Waals surface area contributed by atoms with E-state index in [0.717, 1.165) is 56.8 Å². The van der Waals surface area contributed by atoms with Gasteiger partial charge in [-0.2, -0.15) is 0 Å². The summed E-state index contributed by atoms with van der Waals surface area (Å²) in [4.78, 5) is 23.1. The van der Waals surface area contributed by atoms with Crippen molar-refractivity contribution in [3.8, 4) is 0 Å². The highest BCUT2D eigenvalue weighted by Crippen LogP contribution is 2.18. The highest BCUT2D eigenvalue weighted by molar-refractivity contribution is 5.00. The van der Waals surface area contributed by atoms with E-state index in [1.165, 1.54) is 0 Å². The van der Waals surface area contributed by atoms with Gasteiger partial charge in [-0.15, -0.1) is 0 Å². The van der Waals surface area contributed by atoms with Gasteiger partial charge in [-0.05, 0) is 38.8 Å². The molecule has 0 N–H and O–H groups in total. The molecule has 0 saturated carbocycles. The molecule has 1 fully saturated rings. The topological polar surface area (TPSA) is 56.0 Å². The second-order valence-electron chi connectivity index (χ2n) is 6.52. The summed E-state index contributed by atoms with van der Waals surface area (Å²) in [7, 11) is 2.04. The van der Waals surface area contributed by atoms with Gasteiger partial charge in [-0.1, -0.05) is 0 Å². The van der Waals surface area contributed by atoms with Gasteiger partial charge in [0.1, 0.15) is 5.82 Å². The number of rotatable bonds is 5. The molecule has 23 heavy (non-hydrogen) atoms. The molecule has 2 aromatic rings. The Balaban J connectivity index is 1.48. The monoisotopic (exact) mass is 315 g/mol. The van der Waals surface area contributed by atoms with Gasteiger partial charge >= 0.3 is 0 Å². The Labute approximate surface area is 136 Å². The average molecular weight is 315 g/mol. The first-order chi connectivity index (χ1) is 11.1. The maximum atomic E-state index is 12.1. The summed E-state index contributed by atoms with van der Waals surface area (Å²) in [5.74, 6) is 1.71. The molecule has 0 aliphatic carbocycles. The van der Waals surface area contributed by atoms with E-state index in [1.807, 2.05) is 26.4 Å². The second kappa shape index (κ2) is 7.08. The Morgan fingerprint density at radius 1 is 1.30 bits per heavy atom. The number of likely N-dealkylation sites (tertiary alicyclic amines) is 1. The zero-order valence-electron chi connectivity index (χ0n) is 14.0. The number of aromatic nitrogens is 4. The van der Waals surface area contributed by atoms with Crippen LogP contribution in [0.5, 0.6) is 0 Å². The van der Waals surface area contributed by atoms with Crippen molar-refractivity contribution in [2.45, 2.75) is 32.7 Å². The van der Waals surface area contributed by atoms with Gasteiger partial charge in [0.2, 0.25) is 0 Å². The molecule has 1 aliphatic rings. The minimum absolute atomic E-state index is 0.0946. The third-order valence-corrected chi connectivity index (χ3v) is 4.81. The first-order valence-electron chi connectivity index (χ1n) is 8.33. The van der Waals surface area contributed by atoms with Gasteiger partial charge in [0.15, 0.2) is 0 Å². The molecular weight excluding hydrogens is 290 g/mol. The van der Waals surface area contributed by atoms with Crippen molar-refractivity contribution in [1.82, 2.24) is 24.0 Å². The molecule has 0 spiro atoms. The molecule has 0 radical (unpaired) electrons. The molecule has 0 bridgehead atoms. The third-order valence-electron chi connectivity index (χ3n) is 4.81. The molecule has 0 amide bonds. The highest BCUT2D eigenvalue weighted by Gasteiger charge is 2.20. The fourth-order valence-corrected chi connectivity index (χ4v) is 3.26. The van der Waals surface area contributed by atoms with Crippen LogP contribution in [0.25, 0.3) is 0 Å². The normalized spacial score (nSPS) is 16.8. The van der Waals surface area contributed by atoms with Crippen molar-refractivity contribution in [3.05, 3.63) is 46.7 Å². The highest BCUT2D eigenvalue weighted by atomic mass is 16.1. The van der Waals surface area contributed by atoms with E-state index in [9.17, 15) is 4.79 Å². The van der Waals surface area contributed by atoms with Crippen LogP contribution in [0, 0.1) is 12.8 Å². The largest absolute Gasteiger partial charge is 0.338 e. The van der Waals surface area contributed by atoms with Crippen LogP contribution in [-0.4, -0.2) is 43.6 Å². The zero-order chi connectivity index (χ0) is 16.2. The number of imidazole rings is 1. The molecule has 3 rings (SSSR count). The second-order valence-corrected chi connectivity index (χ2v) is 6.52. The van der Waals surface area contributed by atoms with E-state index in [1.54, 1.807) is 17.1 Å². The summed E-state index contributed by atoms with van der Waals surface area (Å²) < 4.78 is 3.85. The first kappa shape index (κ1) is 15.9. The van der Waals surface area contributed by atoms with Crippen LogP contribution >= 0.6 is 0 Å². The number of hydrogen-bond acceptors (Lipinski definition) is 4. The van der Waals surface area contributed by atoms with E-state index < -0.39 is 0 Å². The number of piperidine rings is 1. The van der Waals surface area contributed by atoms with Gasteiger partial charge in [0.05, 0.1) is 6.33 Å². The fourth-order valence-electron chi connectivity index (χ4n) is 3.26. The molecule has 2 aromatic heterocycles. The minimum atomic E-state index is 0.0946.